The van der Waals surface area contributed by atoms with Gasteiger partial charge in [0.2, 0.25) is 0 Å². The molecule has 0 saturated heterocycles. The molecule has 0 bridgehead atoms. The summed E-state index contributed by atoms with van der Waals surface area (Å²) in [5.41, 5.74) is -4.13. The second-order valence-corrected chi connectivity index (χ2v) is 4.63. The second kappa shape index (κ2) is 5.61. The normalized spacial score (nSPS) is 16.7. The van der Waals surface area contributed by atoms with Crippen LogP contribution < -0.4 is 0 Å². The molecule has 15 heavy (non-hydrogen) atoms. The van der Waals surface area contributed by atoms with Crippen molar-refractivity contribution in [3.05, 3.63) is 0 Å². The number of nitrogens with zero attached hydrogens (tertiary/aromatic N) is 2. The van der Waals surface area contributed by atoms with E-state index in [9.17, 15) is 13.2 Å². The maximum absolute atomic E-state index is 11.9. The monoisotopic (exact) mass is 238 g/mol. The van der Waals surface area contributed by atoms with Crippen LogP contribution in [0.25, 0.3) is 0 Å². The molecule has 0 N–H and O–H groups in total. The first-order chi connectivity index (χ1) is 7.03. The highest BCUT2D eigenvalue weighted by Gasteiger charge is 2.31. The predicted molar refractivity (Wildman–Crippen MR) is 53.3 cm³/mol. The fraction of sp³-hybridized carbons (Fsp3) is 0.889. The fourth-order valence-electron chi connectivity index (χ4n) is 1.39. The van der Waals surface area contributed by atoms with E-state index in [-0.39, 0.29) is 17.5 Å². The van der Waals surface area contributed by atoms with Crippen molar-refractivity contribution in [1.29, 1.82) is 5.26 Å². The molecular weight excluding hydrogens is 225 g/mol. The van der Waals surface area contributed by atoms with Crippen LogP contribution in [0.5, 0.6) is 0 Å². The third-order valence-corrected chi connectivity index (χ3v) is 2.93. The first kappa shape index (κ1) is 12.7. The lowest BCUT2D eigenvalue weighted by atomic mass is 10.4. The molecule has 1 aliphatic rings. The van der Waals surface area contributed by atoms with E-state index in [1.54, 1.807) is 0 Å². The first-order valence-electron chi connectivity index (χ1n) is 4.84. The summed E-state index contributed by atoms with van der Waals surface area (Å²) < 4.78 is 35.6. The van der Waals surface area contributed by atoms with Crippen LogP contribution in [0.15, 0.2) is 0 Å². The molecule has 0 aromatic carbocycles. The number of halogens is 3. The van der Waals surface area contributed by atoms with Gasteiger partial charge in [-0.3, -0.25) is 4.90 Å². The zero-order chi connectivity index (χ0) is 11.3. The van der Waals surface area contributed by atoms with Crippen LogP contribution in [-0.2, 0) is 0 Å². The van der Waals surface area contributed by atoms with Crippen LogP contribution in [-0.4, -0.2) is 35.3 Å². The molecule has 2 nitrogen and oxygen atoms in total. The molecule has 86 valence electrons. The van der Waals surface area contributed by atoms with Crippen molar-refractivity contribution in [2.75, 3.05) is 18.8 Å². The molecule has 6 heteroatoms. The van der Waals surface area contributed by atoms with Gasteiger partial charge in [-0.05, 0) is 24.6 Å². The van der Waals surface area contributed by atoms with Gasteiger partial charge in [-0.2, -0.15) is 18.4 Å². The van der Waals surface area contributed by atoms with E-state index in [2.05, 4.69) is 0 Å². The maximum Gasteiger partial charge on any atom is 0.441 e. The summed E-state index contributed by atoms with van der Waals surface area (Å²) in [6, 6.07) is 2.44. The average Bonchev–Trinajstić information content (AvgIpc) is 2.92. The second-order valence-electron chi connectivity index (χ2n) is 3.47. The minimum absolute atomic E-state index is 0.0160. The minimum Gasteiger partial charge on any atom is -0.299 e. The molecule has 1 saturated carbocycles. The number of hydrogen-bond donors (Lipinski definition) is 0. The largest absolute Gasteiger partial charge is 0.441 e. The summed E-state index contributed by atoms with van der Waals surface area (Å²) in [5.74, 6) is 0.0609. The predicted octanol–water partition coefficient (Wildman–Crippen LogP) is 2.62. The van der Waals surface area contributed by atoms with E-state index in [1.807, 2.05) is 11.0 Å². The summed E-state index contributed by atoms with van der Waals surface area (Å²) >= 11 is 0.0160. The number of hydrogen-bond acceptors (Lipinski definition) is 3. The van der Waals surface area contributed by atoms with Crippen molar-refractivity contribution in [1.82, 2.24) is 4.90 Å². The van der Waals surface area contributed by atoms with Crippen LogP contribution in [0.2, 0.25) is 0 Å². The van der Waals surface area contributed by atoms with Gasteiger partial charge in [0.05, 0.1) is 6.07 Å². The van der Waals surface area contributed by atoms with Gasteiger partial charge in [0, 0.05) is 31.3 Å². The smallest absolute Gasteiger partial charge is 0.299 e. The summed E-state index contributed by atoms with van der Waals surface area (Å²) in [5, 5.41) is 8.41. The maximum atomic E-state index is 11.9. The van der Waals surface area contributed by atoms with E-state index in [0.717, 1.165) is 12.8 Å². The minimum atomic E-state index is -4.13. The van der Waals surface area contributed by atoms with Crippen molar-refractivity contribution in [2.24, 2.45) is 0 Å². The summed E-state index contributed by atoms with van der Waals surface area (Å²) in [4.78, 5) is 1.99. The van der Waals surface area contributed by atoms with Crippen LogP contribution in [0.4, 0.5) is 13.2 Å². The molecule has 0 aromatic heterocycles. The zero-order valence-corrected chi connectivity index (χ0v) is 9.07. The van der Waals surface area contributed by atoms with Crippen LogP contribution >= 0.6 is 11.8 Å². The van der Waals surface area contributed by atoms with Gasteiger partial charge in [0.1, 0.15) is 0 Å². The van der Waals surface area contributed by atoms with Crippen LogP contribution in [0, 0.1) is 11.3 Å². The molecule has 0 aliphatic heterocycles. The molecular formula is C9H13F3N2S. The molecule has 0 aromatic rings. The van der Waals surface area contributed by atoms with E-state index < -0.39 is 5.51 Å². The lowest BCUT2D eigenvalue weighted by Crippen LogP contribution is -2.30. The summed E-state index contributed by atoms with van der Waals surface area (Å²) in [6.45, 7) is 1.02. The van der Waals surface area contributed by atoms with Gasteiger partial charge in [0.15, 0.2) is 0 Å². The lowest BCUT2D eigenvalue weighted by Gasteiger charge is -2.20. The molecule has 0 unspecified atom stereocenters. The number of thioether (sulfide) groups is 1. The average molecular weight is 238 g/mol. The van der Waals surface area contributed by atoms with Crippen LogP contribution in [0.1, 0.15) is 19.3 Å². The summed E-state index contributed by atoms with van der Waals surface area (Å²) in [7, 11) is 0. The topological polar surface area (TPSA) is 27.0 Å². The Bertz CT molecular complexity index is 232. The van der Waals surface area contributed by atoms with Gasteiger partial charge >= 0.3 is 5.51 Å². The molecule has 1 fully saturated rings. The standard InChI is InChI=1S/C9H13F3N2S/c10-9(11,12)15-7-6-14(5-1-4-13)8-2-3-8/h8H,1-3,5-7H2. The highest BCUT2D eigenvalue weighted by Crippen LogP contribution is 2.31. The van der Waals surface area contributed by atoms with E-state index >= 15 is 0 Å². The molecule has 1 rings (SSSR count). The Morgan fingerprint density at radius 2 is 2.00 bits per heavy atom. The quantitative estimate of drug-likeness (QED) is 0.711. The molecule has 0 heterocycles. The Labute approximate surface area is 91.4 Å². The van der Waals surface area contributed by atoms with Crippen LogP contribution in [0.3, 0.4) is 0 Å². The van der Waals surface area contributed by atoms with Crippen molar-refractivity contribution in [3.8, 4) is 6.07 Å². The Kier molecular flexibility index (Phi) is 4.74. The SMILES string of the molecule is N#CCCN(CCSC(F)(F)F)C1CC1. The third-order valence-electron chi connectivity index (χ3n) is 2.22. The van der Waals surface area contributed by atoms with Gasteiger partial charge in [-0.1, -0.05) is 0 Å². The van der Waals surface area contributed by atoms with Gasteiger partial charge in [0.25, 0.3) is 0 Å². The van der Waals surface area contributed by atoms with Crippen molar-refractivity contribution >= 4 is 11.8 Å². The Balaban J connectivity index is 2.17. The van der Waals surface area contributed by atoms with Gasteiger partial charge in [-0.15, -0.1) is 0 Å². The Hall–Kier alpha value is -0.410. The van der Waals surface area contributed by atoms with Crippen molar-refractivity contribution in [2.45, 2.75) is 30.8 Å². The first-order valence-corrected chi connectivity index (χ1v) is 5.83. The number of rotatable bonds is 6. The number of alkyl halides is 3. The highest BCUT2D eigenvalue weighted by molar-refractivity contribution is 8.00. The summed E-state index contributed by atoms with van der Waals surface area (Å²) in [6.07, 6.45) is 2.51. The molecule has 0 amide bonds. The molecule has 1 aliphatic carbocycles. The molecule has 0 radical (unpaired) electrons. The van der Waals surface area contributed by atoms with Crippen molar-refractivity contribution in [3.63, 3.8) is 0 Å². The van der Waals surface area contributed by atoms with E-state index in [0.29, 0.717) is 25.6 Å². The Morgan fingerprint density at radius 1 is 1.33 bits per heavy atom. The highest BCUT2D eigenvalue weighted by atomic mass is 32.2. The van der Waals surface area contributed by atoms with Gasteiger partial charge in [-0.25, -0.2) is 0 Å². The van der Waals surface area contributed by atoms with Gasteiger partial charge < -0.3 is 0 Å². The third kappa shape index (κ3) is 5.90. The fourth-order valence-corrected chi connectivity index (χ4v) is 1.95. The molecule has 0 atom stereocenters. The van der Waals surface area contributed by atoms with Crippen molar-refractivity contribution < 1.29 is 13.2 Å². The lowest BCUT2D eigenvalue weighted by molar-refractivity contribution is -0.0328. The molecule has 0 spiro atoms. The van der Waals surface area contributed by atoms with E-state index in [1.165, 1.54) is 0 Å². The zero-order valence-electron chi connectivity index (χ0n) is 8.26. The Morgan fingerprint density at radius 3 is 2.47 bits per heavy atom. The number of nitriles is 1. The van der Waals surface area contributed by atoms with E-state index in [4.69, 9.17) is 5.26 Å².